The highest BCUT2D eigenvalue weighted by Gasteiger charge is 2.48. The Bertz CT molecular complexity index is 390. The second kappa shape index (κ2) is 3.73. The van der Waals surface area contributed by atoms with Gasteiger partial charge in [0.15, 0.2) is 0 Å². The summed E-state index contributed by atoms with van der Waals surface area (Å²) in [4.78, 5) is 0. The van der Waals surface area contributed by atoms with Crippen molar-refractivity contribution >= 4 is 0 Å². The van der Waals surface area contributed by atoms with E-state index in [2.05, 4.69) is 54.5 Å². The predicted octanol–water partition coefficient (Wildman–Crippen LogP) is 5.36. The monoisotopic (exact) mass is 232 g/mol. The molecule has 0 unspecified atom stereocenters. The minimum absolute atomic E-state index is 0.375. The summed E-state index contributed by atoms with van der Waals surface area (Å²) in [6.07, 6.45) is 4.84. The van der Waals surface area contributed by atoms with Gasteiger partial charge in [0.2, 0.25) is 0 Å². The topological polar surface area (TPSA) is 0 Å². The van der Waals surface area contributed by atoms with Crippen molar-refractivity contribution in [3.63, 3.8) is 0 Å². The van der Waals surface area contributed by atoms with Crippen molar-refractivity contribution in [2.24, 2.45) is 22.7 Å². The number of allylic oxidation sites excluding steroid dienone is 4. The highest BCUT2D eigenvalue weighted by molar-refractivity contribution is 5.39. The Kier molecular flexibility index (Phi) is 2.84. The lowest BCUT2D eigenvalue weighted by Gasteiger charge is -2.53. The number of hydrogen-bond donors (Lipinski definition) is 0. The van der Waals surface area contributed by atoms with Crippen molar-refractivity contribution in [2.75, 3.05) is 0 Å². The minimum atomic E-state index is 0.375. The normalized spacial score (nSPS) is 35.4. The van der Waals surface area contributed by atoms with Gasteiger partial charge in [0.1, 0.15) is 0 Å². The Morgan fingerprint density at radius 1 is 0.941 bits per heavy atom. The molecular formula is C17H28. The van der Waals surface area contributed by atoms with E-state index in [9.17, 15) is 0 Å². The van der Waals surface area contributed by atoms with Crippen LogP contribution in [0, 0.1) is 22.7 Å². The third-order valence-electron chi connectivity index (χ3n) is 6.06. The van der Waals surface area contributed by atoms with Crippen LogP contribution in [0.1, 0.15) is 61.3 Å². The van der Waals surface area contributed by atoms with E-state index in [0.29, 0.717) is 10.8 Å². The fraction of sp³-hybridized carbons (Fsp3) is 0.765. The van der Waals surface area contributed by atoms with E-state index in [-0.39, 0.29) is 0 Å². The molecule has 0 aromatic rings. The molecule has 0 heteroatoms. The van der Waals surface area contributed by atoms with E-state index in [4.69, 9.17) is 0 Å². The lowest BCUT2D eigenvalue weighted by molar-refractivity contribution is 0.0869. The summed E-state index contributed by atoms with van der Waals surface area (Å²) in [6, 6.07) is 0. The fourth-order valence-electron chi connectivity index (χ4n) is 3.93. The number of hydrogen-bond acceptors (Lipinski definition) is 0. The van der Waals surface area contributed by atoms with Gasteiger partial charge in [-0.25, -0.2) is 0 Å². The zero-order chi connectivity index (χ0) is 13.0. The summed E-state index contributed by atoms with van der Waals surface area (Å²) in [7, 11) is 0. The van der Waals surface area contributed by atoms with Crippen LogP contribution >= 0.6 is 0 Å². The molecular weight excluding hydrogens is 204 g/mol. The Morgan fingerprint density at radius 2 is 1.41 bits per heavy atom. The second-order valence-corrected chi connectivity index (χ2v) is 7.41. The molecule has 0 heterocycles. The predicted molar refractivity (Wildman–Crippen MR) is 75.9 cm³/mol. The maximum Gasteiger partial charge on any atom is -0.0103 e. The van der Waals surface area contributed by atoms with Crippen LogP contribution in [0.4, 0.5) is 0 Å². The Labute approximate surface area is 107 Å². The molecule has 0 N–H and O–H groups in total. The fourth-order valence-corrected chi connectivity index (χ4v) is 3.93. The van der Waals surface area contributed by atoms with Crippen molar-refractivity contribution in [3.05, 3.63) is 22.8 Å². The lowest BCUT2D eigenvalue weighted by atomic mass is 9.51. The van der Waals surface area contributed by atoms with Crippen molar-refractivity contribution in [3.8, 4) is 0 Å². The van der Waals surface area contributed by atoms with Gasteiger partial charge in [-0.2, -0.15) is 0 Å². The molecule has 0 saturated heterocycles. The molecule has 0 fully saturated rings. The first-order chi connectivity index (χ1) is 7.69. The third kappa shape index (κ3) is 1.72. The molecule has 2 aliphatic rings. The molecule has 2 rings (SSSR count). The average molecular weight is 232 g/mol. The Balaban J connectivity index is 2.56. The second-order valence-electron chi connectivity index (χ2n) is 7.41. The van der Waals surface area contributed by atoms with Crippen molar-refractivity contribution < 1.29 is 0 Å². The highest BCUT2D eigenvalue weighted by Crippen LogP contribution is 2.58. The van der Waals surface area contributed by atoms with E-state index in [1.165, 1.54) is 12.8 Å². The summed E-state index contributed by atoms with van der Waals surface area (Å²) in [5.74, 6) is 1.53. The van der Waals surface area contributed by atoms with Crippen LogP contribution in [-0.2, 0) is 0 Å². The third-order valence-corrected chi connectivity index (χ3v) is 6.06. The van der Waals surface area contributed by atoms with E-state index in [1.807, 2.05) is 0 Å². The summed E-state index contributed by atoms with van der Waals surface area (Å²) in [6.45, 7) is 17.0. The van der Waals surface area contributed by atoms with Gasteiger partial charge in [0, 0.05) is 0 Å². The van der Waals surface area contributed by atoms with Gasteiger partial charge in [-0.3, -0.25) is 0 Å². The first-order valence-corrected chi connectivity index (χ1v) is 7.07. The molecule has 2 aliphatic carbocycles. The standard InChI is InChI=1S/C17H28/c1-11-8-9-14-15(10-11)17(6,7)13(3)12(2)16(14,4)5/h8,12-13H,9-10H2,1-7H3/t12-,13-/m0/s1. The average Bonchev–Trinajstić information content (AvgIpc) is 2.25. The smallest absolute Gasteiger partial charge is 0.0103 e. The zero-order valence-electron chi connectivity index (χ0n) is 12.6. The van der Waals surface area contributed by atoms with E-state index >= 15 is 0 Å². The van der Waals surface area contributed by atoms with Gasteiger partial charge in [-0.05, 0) is 42.4 Å². The molecule has 96 valence electrons. The summed E-state index contributed by atoms with van der Waals surface area (Å²) < 4.78 is 0. The maximum atomic E-state index is 2.46. The molecule has 2 atom stereocenters. The first-order valence-electron chi connectivity index (χ1n) is 7.07. The molecule has 17 heavy (non-hydrogen) atoms. The maximum absolute atomic E-state index is 2.46. The minimum Gasteiger partial charge on any atom is -0.0812 e. The largest absolute Gasteiger partial charge is 0.0812 e. The Hall–Kier alpha value is -0.520. The van der Waals surface area contributed by atoms with Crippen LogP contribution in [-0.4, -0.2) is 0 Å². The Morgan fingerprint density at radius 3 is 1.94 bits per heavy atom. The molecule has 0 aromatic carbocycles. The van der Waals surface area contributed by atoms with Crippen LogP contribution < -0.4 is 0 Å². The molecule has 0 bridgehead atoms. The van der Waals surface area contributed by atoms with Crippen molar-refractivity contribution in [1.29, 1.82) is 0 Å². The molecule has 0 spiro atoms. The molecule has 0 amide bonds. The van der Waals surface area contributed by atoms with Gasteiger partial charge in [0.05, 0.1) is 0 Å². The van der Waals surface area contributed by atoms with Crippen LogP contribution in [0.2, 0.25) is 0 Å². The number of rotatable bonds is 0. The van der Waals surface area contributed by atoms with Crippen LogP contribution in [0.5, 0.6) is 0 Å². The quantitative estimate of drug-likeness (QED) is 0.493. The van der Waals surface area contributed by atoms with E-state index < -0.39 is 0 Å². The zero-order valence-corrected chi connectivity index (χ0v) is 12.6. The van der Waals surface area contributed by atoms with Crippen molar-refractivity contribution in [1.82, 2.24) is 0 Å². The molecule has 0 aliphatic heterocycles. The van der Waals surface area contributed by atoms with Gasteiger partial charge in [-0.1, -0.05) is 64.3 Å². The van der Waals surface area contributed by atoms with Gasteiger partial charge in [0.25, 0.3) is 0 Å². The highest BCUT2D eigenvalue weighted by atomic mass is 14.5. The van der Waals surface area contributed by atoms with Gasteiger partial charge >= 0.3 is 0 Å². The molecule has 0 aromatic heterocycles. The summed E-state index contributed by atoms with van der Waals surface area (Å²) in [5.41, 5.74) is 5.79. The molecule has 0 saturated carbocycles. The lowest BCUT2D eigenvalue weighted by Crippen LogP contribution is -2.44. The molecule has 0 nitrogen and oxygen atoms in total. The first kappa shape index (κ1) is 12.9. The van der Waals surface area contributed by atoms with E-state index in [1.54, 1.807) is 16.7 Å². The van der Waals surface area contributed by atoms with Crippen LogP contribution in [0.15, 0.2) is 22.8 Å². The van der Waals surface area contributed by atoms with Crippen LogP contribution in [0.3, 0.4) is 0 Å². The van der Waals surface area contributed by atoms with Crippen molar-refractivity contribution in [2.45, 2.75) is 61.3 Å². The van der Waals surface area contributed by atoms with Gasteiger partial charge < -0.3 is 0 Å². The van der Waals surface area contributed by atoms with Crippen LogP contribution in [0.25, 0.3) is 0 Å². The summed E-state index contributed by atoms with van der Waals surface area (Å²) >= 11 is 0. The van der Waals surface area contributed by atoms with Gasteiger partial charge in [-0.15, -0.1) is 0 Å². The SMILES string of the molecule is CC1=CCC2=C(C1)C(C)(C)[C@@H](C)[C@H](C)C2(C)C. The molecule has 0 radical (unpaired) electrons. The summed E-state index contributed by atoms with van der Waals surface area (Å²) in [5, 5.41) is 0. The van der Waals surface area contributed by atoms with E-state index in [0.717, 1.165) is 11.8 Å².